The Morgan fingerprint density at radius 2 is 1.95 bits per heavy atom. The first-order valence-electron chi connectivity index (χ1n) is 6.07. The number of nitrogens with two attached hydrogens (primary N) is 1. The quantitative estimate of drug-likeness (QED) is 0.742. The molecule has 0 aliphatic carbocycles. The van der Waals surface area contributed by atoms with Gasteiger partial charge in [-0.3, -0.25) is 0 Å². The van der Waals surface area contributed by atoms with Crippen LogP contribution in [-0.4, -0.2) is 19.7 Å². The molecule has 0 radical (unpaired) electrons. The van der Waals surface area contributed by atoms with E-state index in [1.807, 2.05) is 30.5 Å². The lowest BCUT2D eigenvalue weighted by atomic mass is 10.1. The molecule has 0 spiro atoms. The van der Waals surface area contributed by atoms with Crippen molar-refractivity contribution in [3.63, 3.8) is 0 Å². The molecule has 0 saturated carbocycles. The number of hydrogen-bond donors (Lipinski definition) is 2. The third-order valence-corrected chi connectivity index (χ3v) is 3.01. The van der Waals surface area contributed by atoms with Gasteiger partial charge in [0, 0.05) is 24.7 Å². The van der Waals surface area contributed by atoms with Gasteiger partial charge in [0.1, 0.15) is 5.75 Å². The molecule has 0 amide bonds. The summed E-state index contributed by atoms with van der Waals surface area (Å²) >= 11 is 0. The van der Waals surface area contributed by atoms with Gasteiger partial charge in [-0.15, -0.1) is 0 Å². The zero-order valence-electron chi connectivity index (χ0n) is 10.3. The van der Waals surface area contributed by atoms with Crippen molar-refractivity contribution in [1.82, 2.24) is 14.6 Å². The lowest BCUT2D eigenvalue weighted by Crippen LogP contribution is -1.99. The lowest BCUT2D eigenvalue weighted by molar-refractivity contribution is 0.475. The molecule has 5 heteroatoms. The van der Waals surface area contributed by atoms with Gasteiger partial charge >= 0.3 is 0 Å². The van der Waals surface area contributed by atoms with Gasteiger partial charge in [0.2, 0.25) is 0 Å². The first kappa shape index (κ1) is 11.7. The maximum atomic E-state index is 9.26. The molecule has 5 nitrogen and oxygen atoms in total. The molecule has 0 saturated heterocycles. The summed E-state index contributed by atoms with van der Waals surface area (Å²) in [7, 11) is 0. The van der Waals surface area contributed by atoms with Crippen molar-refractivity contribution in [2.75, 3.05) is 0 Å². The maximum Gasteiger partial charge on any atom is 0.160 e. The fourth-order valence-electron chi connectivity index (χ4n) is 2.04. The van der Waals surface area contributed by atoms with Crippen molar-refractivity contribution in [2.45, 2.75) is 13.0 Å². The Kier molecular flexibility index (Phi) is 2.89. The van der Waals surface area contributed by atoms with Crippen LogP contribution < -0.4 is 5.73 Å². The summed E-state index contributed by atoms with van der Waals surface area (Å²) in [6.45, 7) is 0.446. The summed E-state index contributed by atoms with van der Waals surface area (Å²) in [4.78, 5) is 4.51. The number of phenols is 1. The largest absolute Gasteiger partial charge is 0.508 e. The second-order valence-corrected chi connectivity index (χ2v) is 4.38. The molecule has 1 aromatic carbocycles. The Balaban J connectivity index is 1.95. The number of fused-ring (bicyclic) bond motifs is 1. The van der Waals surface area contributed by atoms with Gasteiger partial charge < -0.3 is 10.8 Å². The molecule has 2 aromatic heterocycles. The highest BCUT2D eigenvalue weighted by atomic mass is 16.3. The second-order valence-electron chi connectivity index (χ2n) is 4.38. The fraction of sp³-hybridized carbons (Fsp3) is 0.143. The number of aromatic hydroxyl groups is 1. The van der Waals surface area contributed by atoms with Crippen LogP contribution in [0.5, 0.6) is 5.75 Å². The van der Waals surface area contributed by atoms with Crippen LogP contribution in [-0.2, 0) is 13.0 Å². The summed E-state index contributed by atoms with van der Waals surface area (Å²) in [5.74, 6) is 1.00. The molecule has 0 aliphatic heterocycles. The average molecular weight is 254 g/mol. The molecule has 3 aromatic rings. The smallest absolute Gasteiger partial charge is 0.160 e. The van der Waals surface area contributed by atoms with Gasteiger partial charge in [0.05, 0.1) is 0 Å². The van der Waals surface area contributed by atoms with E-state index in [1.165, 1.54) is 0 Å². The molecular formula is C14H14N4O. The van der Waals surface area contributed by atoms with E-state index in [-0.39, 0.29) is 5.75 Å². The van der Waals surface area contributed by atoms with Crippen LogP contribution in [0.25, 0.3) is 5.65 Å². The number of benzene rings is 1. The van der Waals surface area contributed by atoms with E-state index in [9.17, 15) is 5.11 Å². The molecule has 19 heavy (non-hydrogen) atoms. The van der Waals surface area contributed by atoms with Crippen LogP contribution in [0.15, 0.2) is 42.6 Å². The Hall–Kier alpha value is -2.40. The zero-order valence-corrected chi connectivity index (χ0v) is 10.3. The molecule has 2 heterocycles. The van der Waals surface area contributed by atoms with Crippen molar-refractivity contribution in [1.29, 1.82) is 0 Å². The third kappa shape index (κ3) is 2.28. The maximum absolute atomic E-state index is 9.26. The number of rotatable bonds is 3. The minimum Gasteiger partial charge on any atom is -0.508 e. The van der Waals surface area contributed by atoms with Crippen LogP contribution >= 0.6 is 0 Å². The number of phenolic OH excluding ortho intramolecular Hbond substituents is 1. The highest BCUT2D eigenvalue weighted by Gasteiger charge is 2.07. The van der Waals surface area contributed by atoms with E-state index in [2.05, 4.69) is 10.1 Å². The SMILES string of the molecule is NCc1cccn2nc(Cc3ccc(O)cc3)nc12. The number of hydrogen-bond acceptors (Lipinski definition) is 4. The van der Waals surface area contributed by atoms with E-state index in [0.29, 0.717) is 13.0 Å². The summed E-state index contributed by atoms with van der Waals surface area (Å²) in [5, 5.41) is 13.7. The monoisotopic (exact) mass is 254 g/mol. The van der Waals surface area contributed by atoms with E-state index in [1.54, 1.807) is 16.6 Å². The Morgan fingerprint density at radius 1 is 1.16 bits per heavy atom. The van der Waals surface area contributed by atoms with Crippen molar-refractivity contribution >= 4 is 5.65 Å². The fourth-order valence-corrected chi connectivity index (χ4v) is 2.04. The molecule has 96 valence electrons. The standard InChI is InChI=1S/C14H14N4O/c15-9-11-2-1-7-18-14(11)16-13(17-18)8-10-3-5-12(19)6-4-10/h1-7,19H,8-9,15H2. The highest BCUT2D eigenvalue weighted by Crippen LogP contribution is 2.14. The van der Waals surface area contributed by atoms with Crippen LogP contribution in [0.1, 0.15) is 17.0 Å². The predicted molar refractivity (Wildman–Crippen MR) is 71.8 cm³/mol. The van der Waals surface area contributed by atoms with Gasteiger partial charge in [0.25, 0.3) is 0 Å². The Bertz CT molecular complexity index is 703. The van der Waals surface area contributed by atoms with E-state index in [4.69, 9.17) is 5.73 Å². The molecular weight excluding hydrogens is 240 g/mol. The minimum absolute atomic E-state index is 0.261. The minimum atomic E-state index is 0.261. The molecule has 0 bridgehead atoms. The molecule has 3 rings (SSSR count). The first-order valence-corrected chi connectivity index (χ1v) is 6.07. The van der Waals surface area contributed by atoms with Crippen molar-refractivity contribution < 1.29 is 5.11 Å². The zero-order chi connectivity index (χ0) is 13.2. The molecule has 0 atom stereocenters. The van der Waals surface area contributed by atoms with Crippen molar-refractivity contribution in [3.05, 3.63) is 59.5 Å². The topological polar surface area (TPSA) is 76.4 Å². The Labute approximate surface area is 110 Å². The summed E-state index contributed by atoms with van der Waals surface area (Å²) in [5.41, 5.74) is 8.53. The number of pyridine rings is 1. The van der Waals surface area contributed by atoms with Crippen LogP contribution in [0.2, 0.25) is 0 Å². The summed E-state index contributed by atoms with van der Waals surface area (Å²) in [6, 6.07) is 10.9. The van der Waals surface area contributed by atoms with Crippen LogP contribution in [0.4, 0.5) is 0 Å². The molecule has 3 N–H and O–H groups in total. The first-order chi connectivity index (χ1) is 9.26. The number of nitrogens with zero attached hydrogens (tertiary/aromatic N) is 3. The third-order valence-electron chi connectivity index (χ3n) is 3.01. The number of aromatic nitrogens is 3. The predicted octanol–water partition coefficient (Wildman–Crippen LogP) is 1.48. The van der Waals surface area contributed by atoms with Crippen molar-refractivity contribution in [3.8, 4) is 5.75 Å². The molecule has 0 aliphatic rings. The van der Waals surface area contributed by atoms with Crippen LogP contribution in [0.3, 0.4) is 0 Å². The van der Waals surface area contributed by atoms with E-state index < -0.39 is 0 Å². The van der Waals surface area contributed by atoms with Crippen LogP contribution in [0, 0.1) is 0 Å². The van der Waals surface area contributed by atoms with Gasteiger partial charge in [-0.25, -0.2) is 9.50 Å². The van der Waals surface area contributed by atoms with Gasteiger partial charge in [-0.1, -0.05) is 18.2 Å². The van der Waals surface area contributed by atoms with Crippen molar-refractivity contribution in [2.24, 2.45) is 5.73 Å². The summed E-state index contributed by atoms with van der Waals surface area (Å²) < 4.78 is 1.75. The normalized spacial score (nSPS) is 11.0. The second kappa shape index (κ2) is 4.70. The lowest BCUT2D eigenvalue weighted by Gasteiger charge is -1.96. The molecule has 0 unspecified atom stereocenters. The van der Waals surface area contributed by atoms with Gasteiger partial charge in [-0.05, 0) is 23.8 Å². The van der Waals surface area contributed by atoms with E-state index >= 15 is 0 Å². The average Bonchev–Trinajstić information content (AvgIpc) is 2.83. The van der Waals surface area contributed by atoms with E-state index in [0.717, 1.165) is 22.6 Å². The highest BCUT2D eigenvalue weighted by molar-refractivity contribution is 5.47. The van der Waals surface area contributed by atoms with Gasteiger partial charge in [-0.2, -0.15) is 5.10 Å². The Morgan fingerprint density at radius 3 is 2.68 bits per heavy atom. The van der Waals surface area contributed by atoms with Gasteiger partial charge in [0.15, 0.2) is 11.5 Å². The summed E-state index contributed by atoms with van der Waals surface area (Å²) in [6.07, 6.45) is 2.49. The molecule has 0 fully saturated rings.